The number of hydrogen-bond acceptors (Lipinski definition) is 11. The molecule has 0 radical (unpaired) electrons. The van der Waals surface area contributed by atoms with E-state index in [9.17, 15) is 34.5 Å². The molecular formula is C55H94O12. The van der Waals surface area contributed by atoms with Gasteiger partial charge in [0, 0.05) is 19.3 Å². The summed E-state index contributed by atoms with van der Waals surface area (Å²) in [6.45, 7) is 5.82. The van der Waals surface area contributed by atoms with E-state index in [0.717, 1.165) is 128 Å². The predicted octanol–water partition coefficient (Wildman–Crippen LogP) is 12.7. The zero-order valence-electron chi connectivity index (χ0n) is 42.1. The summed E-state index contributed by atoms with van der Waals surface area (Å²) in [5.74, 6) is -3.16. The first-order chi connectivity index (χ1) is 32.6. The van der Waals surface area contributed by atoms with Crippen LogP contribution in [0.5, 0.6) is 0 Å². The molecule has 67 heavy (non-hydrogen) atoms. The van der Waals surface area contributed by atoms with Crippen molar-refractivity contribution in [3.05, 3.63) is 48.6 Å². The van der Waals surface area contributed by atoms with Gasteiger partial charge in [0.15, 0.2) is 24.6 Å². The van der Waals surface area contributed by atoms with E-state index in [-0.39, 0.29) is 25.9 Å². The Morgan fingerprint density at radius 2 is 0.940 bits per heavy atom. The maximum Gasteiger partial charge on any atom is 0.335 e. The van der Waals surface area contributed by atoms with Crippen molar-refractivity contribution in [1.82, 2.24) is 0 Å². The van der Waals surface area contributed by atoms with E-state index >= 15 is 0 Å². The molecule has 0 aromatic heterocycles. The van der Waals surface area contributed by atoms with Gasteiger partial charge in [-0.2, -0.15) is 0 Å². The monoisotopic (exact) mass is 947 g/mol. The summed E-state index contributed by atoms with van der Waals surface area (Å²) in [6, 6.07) is 0. The minimum absolute atomic E-state index is 0.0486. The number of aliphatic hydroxyl groups excluding tert-OH is 2. The molecule has 1 aliphatic rings. The second-order valence-corrected chi connectivity index (χ2v) is 18.1. The Kier molecular flexibility index (Phi) is 40.4. The summed E-state index contributed by atoms with van der Waals surface area (Å²) in [6.07, 6.45) is 38.1. The molecule has 1 fully saturated rings. The van der Waals surface area contributed by atoms with Crippen LogP contribution in [0.1, 0.15) is 226 Å². The smallest absolute Gasteiger partial charge is 0.335 e. The first-order valence-electron chi connectivity index (χ1n) is 26.6. The van der Waals surface area contributed by atoms with Crippen molar-refractivity contribution in [2.45, 2.75) is 263 Å². The van der Waals surface area contributed by atoms with Gasteiger partial charge in [-0.05, 0) is 89.9 Å². The van der Waals surface area contributed by atoms with Gasteiger partial charge < -0.3 is 39.0 Å². The Balaban J connectivity index is 2.74. The van der Waals surface area contributed by atoms with Crippen molar-refractivity contribution < 1.29 is 58.2 Å². The van der Waals surface area contributed by atoms with Gasteiger partial charge in [0.2, 0.25) is 0 Å². The molecule has 0 amide bonds. The molecule has 1 aliphatic heterocycles. The summed E-state index contributed by atoms with van der Waals surface area (Å²) in [4.78, 5) is 50.8. The summed E-state index contributed by atoms with van der Waals surface area (Å²) in [5, 5.41) is 31.3. The Morgan fingerprint density at radius 3 is 1.46 bits per heavy atom. The van der Waals surface area contributed by atoms with Crippen molar-refractivity contribution >= 4 is 23.9 Å². The maximum atomic E-state index is 13.0. The second-order valence-electron chi connectivity index (χ2n) is 18.1. The number of aliphatic hydroxyl groups is 2. The summed E-state index contributed by atoms with van der Waals surface area (Å²) >= 11 is 0. The van der Waals surface area contributed by atoms with Gasteiger partial charge in [0.25, 0.3) is 0 Å². The topological polar surface area (TPSA) is 175 Å². The van der Waals surface area contributed by atoms with Gasteiger partial charge in [0.1, 0.15) is 18.8 Å². The zero-order valence-corrected chi connectivity index (χ0v) is 42.1. The SMILES string of the molecule is CCC/C=C\C/C=C\CCCCCCCC(=O)OCC(COC1OC(C(=O)O)C(O)C(O)C1OC(=O)CCCCCCC/C=C\CCCCCC)OC(=O)CCCCCCC/C=C\CCCC. The van der Waals surface area contributed by atoms with Crippen LogP contribution in [-0.2, 0) is 42.9 Å². The molecule has 12 nitrogen and oxygen atoms in total. The Morgan fingerprint density at radius 1 is 0.493 bits per heavy atom. The van der Waals surface area contributed by atoms with E-state index in [4.69, 9.17) is 23.7 Å². The standard InChI is InChI=1S/C55H94O12/c1-4-7-10-13-16-19-22-24-27-29-32-35-38-41-47(56)63-44-46(65-48(57)42-39-36-33-30-26-21-18-15-12-9-6-3)45-64-55-53(51(60)50(59)52(67-55)54(61)62)66-49(58)43-40-37-34-31-28-25-23-20-17-14-11-8-5-2/h10,13,15,18-20,22-23,46,50-53,55,59-60H,4-9,11-12,14,16-17,21,24-45H2,1-3H3,(H,61,62)/b13-10-,18-15-,22-19-,23-20-. The summed E-state index contributed by atoms with van der Waals surface area (Å²) in [5.41, 5.74) is 0. The lowest BCUT2D eigenvalue weighted by Gasteiger charge is -2.40. The third kappa shape index (κ3) is 34.6. The van der Waals surface area contributed by atoms with Crippen LogP contribution in [0.2, 0.25) is 0 Å². The predicted molar refractivity (Wildman–Crippen MR) is 266 cm³/mol. The van der Waals surface area contributed by atoms with Gasteiger partial charge in [-0.15, -0.1) is 0 Å². The molecule has 6 atom stereocenters. The number of rotatable bonds is 44. The molecule has 0 bridgehead atoms. The number of esters is 3. The maximum absolute atomic E-state index is 13.0. The van der Waals surface area contributed by atoms with E-state index in [1.165, 1.54) is 38.5 Å². The molecule has 3 N–H and O–H groups in total. The molecule has 1 saturated heterocycles. The molecule has 6 unspecified atom stereocenters. The third-order valence-corrected chi connectivity index (χ3v) is 11.8. The van der Waals surface area contributed by atoms with Crippen LogP contribution in [0.3, 0.4) is 0 Å². The first-order valence-corrected chi connectivity index (χ1v) is 26.6. The number of allylic oxidation sites excluding steroid dienone is 8. The summed E-state index contributed by atoms with van der Waals surface area (Å²) < 4.78 is 28.3. The summed E-state index contributed by atoms with van der Waals surface area (Å²) in [7, 11) is 0. The fourth-order valence-corrected chi connectivity index (χ4v) is 7.67. The average Bonchev–Trinajstić information content (AvgIpc) is 3.31. The molecule has 0 spiro atoms. The van der Waals surface area contributed by atoms with Crippen LogP contribution in [0, 0.1) is 0 Å². The number of carboxylic acids is 1. The number of carbonyl (C=O) groups excluding carboxylic acids is 3. The van der Waals surface area contributed by atoms with Crippen molar-refractivity contribution in [2.75, 3.05) is 13.2 Å². The lowest BCUT2D eigenvalue weighted by molar-refractivity contribution is -0.301. The number of hydrogen-bond donors (Lipinski definition) is 3. The largest absolute Gasteiger partial charge is 0.479 e. The lowest BCUT2D eigenvalue weighted by Crippen LogP contribution is -2.61. The quantitative estimate of drug-likeness (QED) is 0.0228. The number of unbranched alkanes of at least 4 members (excludes halogenated alkanes) is 22. The van der Waals surface area contributed by atoms with Crippen LogP contribution in [-0.4, -0.2) is 89.2 Å². The molecular weight excluding hydrogens is 853 g/mol. The minimum Gasteiger partial charge on any atom is -0.479 e. The fourth-order valence-electron chi connectivity index (χ4n) is 7.67. The van der Waals surface area contributed by atoms with Gasteiger partial charge in [0.05, 0.1) is 6.61 Å². The molecule has 12 heteroatoms. The van der Waals surface area contributed by atoms with Crippen molar-refractivity contribution in [1.29, 1.82) is 0 Å². The van der Waals surface area contributed by atoms with Gasteiger partial charge in [-0.25, -0.2) is 4.79 Å². The van der Waals surface area contributed by atoms with Gasteiger partial charge >= 0.3 is 23.9 Å². The Hall–Kier alpha value is -3.32. The van der Waals surface area contributed by atoms with Crippen molar-refractivity contribution in [3.8, 4) is 0 Å². The number of carboxylic acid groups (broad SMARTS) is 1. The van der Waals surface area contributed by atoms with E-state index < -0.39 is 67.3 Å². The highest BCUT2D eigenvalue weighted by molar-refractivity contribution is 5.74. The number of aliphatic carboxylic acids is 1. The average molecular weight is 947 g/mol. The molecule has 1 rings (SSSR count). The van der Waals surface area contributed by atoms with Gasteiger partial charge in [-0.3, -0.25) is 14.4 Å². The second kappa shape index (κ2) is 43.9. The van der Waals surface area contributed by atoms with E-state index in [1.807, 2.05) is 0 Å². The van der Waals surface area contributed by atoms with Crippen molar-refractivity contribution in [3.63, 3.8) is 0 Å². The molecule has 0 saturated carbocycles. The first kappa shape index (κ1) is 61.7. The lowest BCUT2D eigenvalue weighted by atomic mass is 9.98. The fraction of sp³-hybridized carbons (Fsp3) is 0.782. The number of ether oxygens (including phenoxy) is 5. The highest BCUT2D eigenvalue weighted by Gasteiger charge is 2.50. The van der Waals surface area contributed by atoms with E-state index in [1.54, 1.807) is 0 Å². The van der Waals surface area contributed by atoms with Crippen molar-refractivity contribution in [2.24, 2.45) is 0 Å². The molecule has 386 valence electrons. The van der Waals surface area contributed by atoms with Crippen LogP contribution < -0.4 is 0 Å². The Labute approximate surface area is 405 Å². The van der Waals surface area contributed by atoms with Crippen LogP contribution in [0.25, 0.3) is 0 Å². The van der Waals surface area contributed by atoms with Crippen LogP contribution in [0.15, 0.2) is 48.6 Å². The molecule has 0 aromatic carbocycles. The van der Waals surface area contributed by atoms with Crippen LogP contribution >= 0.6 is 0 Å². The normalized spacial score (nSPS) is 19.2. The Bertz CT molecular complexity index is 1360. The van der Waals surface area contributed by atoms with E-state index in [0.29, 0.717) is 19.3 Å². The van der Waals surface area contributed by atoms with Crippen LogP contribution in [0.4, 0.5) is 0 Å². The minimum atomic E-state index is -1.91. The molecule has 0 aromatic rings. The van der Waals surface area contributed by atoms with Gasteiger partial charge in [-0.1, -0.05) is 166 Å². The molecule has 1 heterocycles. The number of carbonyl (C=O) groups is 4. The highest BCUT2D eigenvalue weighted by Crippen LogP contribution is 2.26. The zero-order chi connectivity index (χ0) is 49.0. The van der Waals surface area contributed by atoms with E-state index in [2.05, 4.69) is 69.4 Å². The third-order valence-electron chi connectivity index (χ3n) is 11.8. The highest BCUT2D eigenvalue weighted by atomic mass is 16.7. The molecule has 0 aliphatic carbocycles.